The summed E-state index contributed by atoms with van der Waals surface area (Å²) in [7, 11) is 0. The van der Waals surface area contributed by atoms with E-state index in [0.29, 0.717) is 18.2 Å². The normalized spacial score (nSPS) is 11.1. The van der Waals surface area contributed by atoms with Crippen LogP contribution in [0.4, 0.5) is 9.93 Å². The van der Waals surface area contributed by atoms with Crippen LogP contribution in [0.1, 0.15) is 20.8 Å². The summed E-state index contributed by atoms with van der Waals surface area (Å²) in [5, 5.41) is 14.0. The van der Waals surface area contributed by atoms with Gasteiger partial charge >= 0.3 is 6.09 Å². The van der Waals surface area contributed by atoms with Crippen LogP contribution in [0.3, 0.4) is 0 Å². The summed E-state index contributed by atoms with van der Waals surface area (Å²) in [6, 6.07) is 0. The van der Waals surface area contributed by atoms with E-state index >= 15 is 0 Å². The van der Waals surface area contributed by atoms with Crippen molar-refractivity contribution in [2.75, 3.05) is 18.4 Å². The predicted molar refractivity (Wildman–Crippen MR) is 70.3 cm³/mol. The molecule has 8 heteroatoms. The van der Waals surface area contributed by atoms with Crippen LogP contribution in [-0.2, 0) is 4.74 Å². The summed E-state index contributed by atoms with van der Waals surface area (Å²) in [4.78, 5) is 11.3. The number of hydrogen-bond acceptors (Lipinski definition) is 6. The molecule has 0 spiro atoms. The van der Waals surface area contributed by atoms with Crippen molar-refractivity contribution < 1.29 is 9.53 Å². The van der Waals surface area contributed by atoms with Gasteiger partial charge in [0.2, 0.25) is 5.13 Å². The molecule has 17 heavy (non-hydrogen) atoms. The SMILES string of the molecule is CC(C)(C)OC(=O)NCCNc1nnc(Br)s1. The Morgan fingerprint density at radius 2 is 2.12 bits per heavy atom. The molecule has 0 aliphatic rings. The first-order valence-electron chi connectivity index (χ1n) is 5.06. The highest BCUT2D eigenvalue weighted by molar-refractivity contribution is 9.11. The molecule has 1 aromatic heterocycles. The van der Waals surface area contributed by atoms with Crippen LogP contribution < -0.4 is 10.6 Å². The minimum Gasteiger partial charge on any atom is -0.444 e. The number of hydrogen-bond donors (Lipinski definition) is 2. The number of alkyl carbamates (subject to hydrolysis) is 1. The molecule has 0 atom stereocenters. The van der Waals surface area contributed by atoms with Gasteiger partial charge in [0.25, 0.3) is 0 Å². The summed E-state index contributed by atoms with van der Waals surface area (Å²) >= 11 is 4.61. The lowest BCUT2D eigenvalue weighted by atomic mass is 10.2. The molecule has 6 nitrogen and oxygen atoms in total. The fourth-order valence-electron chi connectivity index (χ4n) is 0.925. The molecule has 0 bridgehead atoms. The molecule has 0 aromatic carbocycles. The minimum atomic E-state index is -0.471. The van der Waals surface area contributed by atoms with Crippen LogP contribution >= 0.6 is 27.3 Å². The Balaban J connectivity index is 2.14. The standard InChI is InChI=1S/C9H15BrN4O2S/c1-9(2,3)16-8(15)12-5-4-11-7-14-13-6(10)17-7/h4-5H2,1-3H3,(H,11,14)(H,12,15). The number of carbonyl (C=O) groups excluding carboxylic acids is 1. The average molecular weight is 323 g/mol. The minimum absolute atomic E-state index is 0.419. The van der Waals surface area contributed by atoms with Gasteiger partial charge in [0, 0.05) is 13.1 Å². The van der Waals surface area contributed by atoms with Gasteiger partial charge in [-0.2, -0.15) is 0 Å². The van der Waals surface area contributed by atoms with Crippen molar-refractivity contribution in [1.82, 2.24) is 15.5 Å². The lowest BCUT2D eigenvalue weighted by molar-refractivity contribution is 0.0530. The van der Waals surface area contributed by atoms with Crippen molar-refractivity contribution in [3.8, 4) is 0 Å². The molecule has 96 valence electrons. The topological polar surface area (TPSA) is 76.1 Å². The molecule has 1 rings (SSSR count). The van der Waals surface area contributed by atoms with Gasteiger partial charge in [-0.25, -0.2) is 4.79 Å². The van der Waals surface area contributed by atoms with Crippen LogP contribution in [-0.4, -0.2) is 35.0 Å². The maximum atomic E-state index is 11.3. The Kier molecular flexibility index (Phi) is 5.13. The second kappa shape index (κ2) is 6.15. The van der Waals surface area contributed by atoms with Gasteiger partial charge in [-0.05, 0) is 36.7 Å². The van der Waals surface area contributed by atoms with Crippen molar-refractivity contribution in [2.24, 2.45) is 0 Å². The highest BCUT2D eigenvalue weighted by Crippen LogP contribution is 2.19. The summed E-state index contributed by atoms with van der Waals surface area (Å²) in [5.41, 5.74) is -0.471. The molecule has 0 radical (unpaired) electrons. The van der Waals surface area contributed by atoms with Crippen LogP contribution in [0.5, 0.6) is 0 Å². The summed E-state index contributed by atoms with van der Waals surface area (Å²) < 4.78 is 5.81. The van der Waals surface area contributed by atoms with E-state index in [1.807, 2.05) is 20.8 Å². The fourth-order valence-corrected chi connectivity index (χ4v) is 1.96. The number of anilines is 1. The second-order valence-corrected chi connectivity index (χ2v) is 6.47. The third kappa shape index (κ3) is 6.42. The van der Waals surface area contributed by atoms with E-state index in [2.05, 4.69) is 36.8 Å². The second-order valence-electron chi connectivity index (χ2n) is 4.22. The van der Waals surface area contributed by atoms with E-state index in [4.69, 9.17) is 4.74 Å². The zero-order valence-corrected chi connectivity index (χ0v) is 12.3. The van der Waals surface area contributed by atoms with Crippen molar-refractivity contribution in [1.29, 1.82) is 0 Å². The van der Waals surface area contributed by atoms with Gasteiger partial charge in [-0.3, -0.25) is 0 Å². The molecule has 1 amide bonds. The molecular weight excluding hydrogens is 308 g/mol. The quantitative estimate of drug-likeness (QED) is 0.831. The smallest absolute Gasteiger partial charge is 0.407 e. The molecule has 1 aromatic rings. The van der Waals surface area contributed by atoms with Crippen LogP contribution in [0, 0.1) is 0 Å². The highest BCUT2D eigenvalue weighted by Gasteiger charge is 2.15. The van der Waals surface area contributed by atoms with E-state index in [9.17, 15) is 4.79 Å². The summed E-state index contributed by atoms with van der Waals surface area (Å²) in [5.74, 6) is 0. The third-order valence-corrected chi connectivity index (χ3v) is 2.78. The molecule has 1 heterocycles. The Morgan fingerprint density at radius 3 is 2.65 bits per heavy atom. The first-order valence-corrected chi connectivity index (χ1v) is 6.67. The Labute approximate surface area is 112 Å². The number of ether oxygens (including phenoxy) is 1. The Hall–Kier alpha value is -0.890. The van der Waals surface area contributed by atoms with Crippen molar-refractivity contribution in [3.05, 3.63) is 3.92 Å². The first kappa shape index (κ1) is 14.2. The number of carbonyl (C=O) groups is 1. The summed E-state index contributed by atoms with van der Waals surface area (Å²) in [6.45, 7) is 6.50. The number of amides is 1. The monoisotopic (exact) mass is 322 g/mol. The molecular formula is C9H15BrN4O2S. The van der Waals surface area contributed by atoms with Crippen molar-refractivity contribution >= 4 is 38.5 Å². The van der Waals surface area contributed by atoms with E-state index in [1.54, 1.807) is 0 Å². The first-order chi connectivity index (χ1) is 7.87. The van der Waals surface area contributed by atoms with E-state index in [-0.39, 0.29) is 0 Å². The lowest BCUT2D eigenvalue weighted by Crippen LogP contribution is -2.34. The molecule has 0 aliphatic heterocycles. The molecule has 0 fully saturated rings. The van der Waals surface area contributed by atoms with Crippen LogP contribution in [0.2, 0.25) is 0 Å². The Morgan fingerprint density at radius 1 is 1.41 bits per heavy atom. The highest BCUT2D eigenvalue weighted by atomic mass is 79.9. The van der Waals surface area contributed by atoms with Crippen molar-refractivity contribution in [3.63, 3.8) is 0 Å². The number of nitrogens with zero attached hydrogens (tertiary/aromatic N) is 2. The number of halogens is 1. The fraction of sp³-hybridized carbons (Fsp3) is 0.667. The van der Waals surface area contributed by atoms with E-state index in [0.717, 1.165) is 3.92 Å². The third-order valence-electron chi connectivity index (χ3n) is 1.47. The maximum absolute atomic E-state index is 11.3. The zero-order chi connectivity index (χ0) is 12.9. The zero-order valence-electron chi connectivity index (χ0n) is 9.91. The van der Waals surface area contributed by atoms with E-state index < -0.39 is 11.7 Å². The largest absolute Gasteiger partial charge is 0.444 e. The number of aromatic nitrogens is 2. The molecule has 0 saturated heterocycles. The van der Waals surface area contributed by atoms with Gasteiger partial charge in [-0.1, -0.05) is 11.3 Å². The molecule has 0 unspecified atom stereocenters. The van der Waals surface area contributed by atoms with Crippen LogP contribution in [0.15, 0.2) is 3.92 Å². The van der Waals surface area contributed by atoms with Gasteiger partial charge in [-0.15, -0.1) is 10.2 Å². The average Bonchev–Trinajstić information content (AvgIpc) is 2.56. The molecule has 0 aliphatic carbocycles. The Bertz CT molecular complexity index is 377. The molecule has 0 saturated carbocycles. The van der Waals surface area contributed by atoms with E-state index in [1.165, 1.54) is 11.3 Å². The molecule has 2 N–H and O–H groups in total. The number of nitrogens with one attached hydrogen (secondary N) is 2. The van der Waals surface area contributed by atoms with Crippen LogP contribution in [0.25, 0.3) is 0 Å². The maximum Gasteiger partial charge on any atom is 0.407 e. The lowest BCUT2D eigenvalue weighted by Gasteiger charge is -2.19. The van der Waals surface area contributed by atoms with Gasteiger partial charge < -0.3 is 15.4 Å². The predicted octanol–water partition coefficient (Wildman–Crippen LogP) is 2.24. The van der Waals surface area contributed by atoms with Gasteiger partial charge in [0.05, 0.1) is 0 Å². The van der Waals surface area contributed by atoms with Crippen molar-refractivity contribution in [2.45, 2.75) is 26.4 Å². The number of rotatable bonds is 4. The summed E-state index contributed by atoms with van der Waals surface area (Å²) in [6.07, 6.45) is -0.419. The van der Waals surface area contributed by atoms with Gasteiger partial charge in [0.1, 0.15) is 5.60 Å². The van der Waals surface area contributed by atoms with Gasteiger partial charge in [0.15, 0.2) is 3.92 Å².